The molecule has 0 radical (unpaired) electrons. The van der Waals surface area contributed by atoms with Gasteiger partial charge in [0.05, 0.1) is 5.41 Å². The predicted octanol–water partition coefficient (Wildman–Crippen LogP) is 12.6. The normalized spacial score (nSPS) is 13.6. The van der Waals surface area contributed by atoms with E-state index in [2.05, 4.69) is 152 Å². The summed E-state index contributed by atoms with van der Waals surface area (Å²) in [4.78, 5) is 7.12. The van der Waals surface area contributed by atoms with Crippen molar-refractivity contribution in [2.75, 3.05) is 7.05 Å². The van der Waals surface area contributed by atoms with Gasteiger partial charge in [0.1, 0.15) is 23.5 Å². The van der Waals surface area contributed by atoms with Gasteiger partial charge < -0.3 is 9.64 Å². The Kier molecular flexibility index (Phi) is 8.45. The van der Waals surface area contributed by atoms with Gasteiger partial charge in [-0.3, -0.25) is 10.4 Å². The second-order valence-electron chi connectivity index (χ2n) is 14.7. The molecule has 1 N–H and O–H groups in total. The first-order valence-corrected chi connectivity index (χ1v) is 19.4. The van der Waals surface area contributed by atoms with Gasteiger partial charge in [-0.15, -0.1) is 0 Å². The molecule has 0 bridgehead atoms. The lowest BCUT2D eigenvalue weighted by Crippen LogP contribution is -2.32. The summed E-state index contributed by atoms with van der Waals surface area (Å²) in [5.74, 6) is 2.15. The number of para-hydroxylation sites is 2. The van der Waals surface area contributed by atoms with Crippen LogP contribution in [0.3, 0.4) is 0 Å². The Bertz CT molecular complexity index is 2760. The van der Waals surface area contributed by atoms with Crippen LogP contribution in [0.15, 0.2) is 205 Å². The molecule has 1 heterocycles. The number of benzene rings is 8. The van der Waals surface area contributed by atoms with E-state index in [1.54, 1.807) is 0 Å². The Morgan fingerprint density at radius 2 is 1.07 bits per heavy atom. The van der Waals surface area contributed by atoms with Crippen LogP contribution in [0.5, 0.6) is 11.5 Å². The molecular formula is C53H39N3O. The highest BCUT2D eigenvalue weighted by Gasteiger charge is 2.51. The van der Waals surface area contributed by atoms with E-state index >= 15 is 0 Å². The predicted molar refractivity (Wildman–Crippen MR) is 233 cm³/mol. The van der Waals surface area contributed by atoms with Crippen molar-refractivity contribution in [1.29, 1.82) is 5.41 Å². The van der Waals surface area contributed by atoms with Gasteiger partial charge in [-0.25, -0.2) is 0 Å². The van der Waals surface area contributed by atoms with E-state index in [4.69, 9.17) is 9.73 Å². The Balaban J connectivity index is 1.07. The Morgan fingerprint density at radius 3 is 1.79 bits per heavy atom. The fourth-order valence-electron chi connectivity index (χ4n) is 8.80. The van der Waals surface area contributed by atoms with E-state index in [1.807, 2.05) is 66.7 Å². The molecule has 1 aliphatic carbocycles. The van der Waals surface area contributed by atoms with E-state index in [1.165, 1.54) is 22.3 Å². The molecular weight excluding hydrogens is 695 g/mol. The fourth-order valence-corrected chi connectivity index (χ4v) is 8.80. The third-order valence-corrected chi connectivity index (χ3v) is 11.5. The summed E-state index contributed by atoms with van der Waals surface area (Å²) in [7, 11) is 1.96. The first-order valence-electron chi connectivity index (χ1n) is 19.4. The average Bonchev–Trinajstić information content (AvgIpc) is 3.57. The molecule has 57 heavy (non-hydrogen) atoms. The molecule has 1 aliphatic heterocycles. The van der Waals surface area contributed by atoms with Crippen molar-refractivity contribution >= 4 is 12.1 Å². The maximum Gasteiger partial charge on any atom is 0.148 e. The van der Waals surface area contributed by atoms with Crippen molar-refractivity contribution in [1.82, 2.24) is 4.90 Å². The molecule has 1 spiro atoms. The summed E-state index contributed by atoms with van der Waals surface area (Å²) in [6, 6.07) is 70.1. The topological polar surface area (TPSA) is 48.7 Å². The van der Waals surface area contributed by atoms with E-state index in [0.717, 1.165) is 61.6 Å². The van der Waals surface area contributed by atoms with Gasteiger partial charge in [-0.1, -0.05) is 176 Å². The monoisotopic (exact) mass is 733 g/mol. The highest BCUT2D eigenvalue weighted by atomic mass is 16.5. The van der Waals surface area contributed by atoms with Crippen LogP contribution in [0, 0.1) is 5.41 Å². The van der Waals surface area contributed by atoms with Crippen molar-refractivity contribution in [2.24, 2.45) is 4.99 Å². The molecule has 10 rings (SSSR count). The summed E-state index contributed by atoms with van der Waals surface area (Å²) >= 11 is 0. The largest absolute Gasteiger partial charge is 0.457 e. The van der Waals surface area contributed by atoms with Gasteiger partial charge in [-0.05, 0) is 79.9 Å². The van der Waals surface area contributed by atoms with Crippen LogP contribution in [-0.4, -0.2) is 24.0 Å². The number of fused-ring (bicyclic) bond motifs is 9. The minimum absolute atomic E-state index is 0.393. The molecule has 8 aromatic carbocycles. The summed E-state index contributed by atoms with van der Waals surface area (Å²) in [5, 5.41) is 9.41. The quantitative estimate of drug-likeness (QED) is 0.131. The van der Waals surface area contributed by atoms with Crippen LogP contribution in [-0.2, 0) is 5.41 Å². The Hall–Kier alpha value is -7.30. The van der Waals surface area contributed by atoms with Crippen molar-refractivity contribution in [3.8, 4) is 44.9 Å². The van der Waals surface area contributed by atoms with Crippen LogP contribution in [0.2, 0.25) is 0 Å². The highest BCUT2D eigenvalue weighted by molar-refractivity contribution is 5.97. The van der Waals surface area contributed by atoms with Gasteiger partial charge in [0.2, 0.25) is 0 Å². The average molecular weight is 734 g/mol. The third kappa shape index (κ3) is 5.77. The smallest absolute Gasteiger partial charge is 0.148 e. The van der Waals surface area contributed by atoms with Crippen LogP contribution >= 0.6 is 0 Å². The lowest BCUT2D eigenvalue weighted by molar-refractivity contribution is 0.388. The van der Waals surface area contributed by atoms with Gasteiger partial charge in [0.25, 0.3) is 0 Å². The molecule has 0 saturated carbocycles. The number of nitrogens with one attached hydrogen (secondary N) is 1. The number of hydrogen-bond donors (Lipinski definition) is 1. The lowest BCUT2D eigenvalue weighted by Gasteiger charge is -2.39. The molecule has 0 fully saturated rings. The molecule has 2 aliphatic rings. The number of ether oxygens (including phenoxy) is 1. The van der Waals surface area contributed by atoms with E-state index in [-0.39, 0.29) is 0 Å². The van der Waals surface area contributed by atoms with Crippen LogP contribution in [0.25, 0.3) is 33.4 Å². The minimum atomic E-state index is -0.543. The van der Waals surface area contributed by atoms with Crippen molar-refractivity contribution in [3.05, 3.63) is 239 Å². The van der Waals surface area contributed by atoms with Gasteiger partial charge in [-0.2, -0.15) is 0 Å². The molecule has 0 saturated heterocycles. The number of rotatable bonds is 7. The first-order chi connectivity index (χ1) is 28.1. The number of amidine groups is 1. The number of nitrogens with zero attached hydrogens (tertiary/aromatic N) is 2. The third-order valence-electron chi connectivity index (χ3n) is 11.5. The zero-order valence-corrected chi connectivity index (χ0v) is 31.5. The lowest BCUT2D eigenvalue weighted by atomic mass is 9.66. The van der Waals surface area contributed by atoms with Crippen molar-refractivity contribution < 1.29 is 4.74 Å². The van der Waals surface area contributed by atoms with Gasteiger partial charge in [0, 0.05) is 30.0 Å². The molecule has 272 valence electrons. The SMILES string of the molecule is CN(C(=N)c1ccc(-c2ccccc2)cc1)C(/N=C/c1ccccc1)c1cccc(-c2ccc3c(c2)C2(c4ccccc4Oc4ccccc42)c2ccccc2-3)c1. The minimum Gasteiger partial charge on any atom is -0.457 e. The molecule has 1 atom stereocenters. The number of hydrogen-bond acceptors (Lipinski definition) is 3. The summed E-state index contributed by atoms with van der Waals surface area (Å²) < 4.78 is 6.57. The summed E-state index contributed by atoms with van der Waals surface area (Å²) in [6.45, 7) is 0. The van der Waals surface area contributed by atoms with Crippen molar-refractivity contribution in [3.63, 3.8) is 0 Å². The molecule has 4 nitrogen and oxygen atoms in total. The summed E-state index contributed by atoms with van der Waals surface area (Å²) in [5.41, 5.74) is 14.0. The highest BCUT2D eigenvalue weighted by Crippen LogP contribution is 2.62. The standard InChI is InChI=1S/C53H39N3O/c1-56(51(54)39-29-27-38(28-30-39)37-17-6-3-7-18-37)52(55-35-36-15-4-2-5-16-36)42-20-14-19-40(33-42)41-31-32-44-43-21-8-9-22-45(43)53(48(44)34-41)46-23-10-12-25-49(46)57-50-26-13-11-24-47(50)53/h2-35,52,54H,1H3/b54-51?,55-35+. The van der Waals surface area contributed by atoms with Gasteiger partial charge >= 0.3 is 0 Å². The maximum absolute atomic E-state index is 9.41. The molecule has 0 aromatic heterocycles. The van der Waals surface area contributed by atoms with E-state index in [0.29, 0.717) is 5.84 Å². The van der Waals surface area contributed by atoms with Gasteiger partial charge in [0.15, 0.2) is 0 Å². The molecule has 8 aromatic rings. The van der Waals surface area contributed by atoms with Crippen molar-refractivity contribution in [2.45, 2.75) is 11.6 Å². The molecule has 1 unspecified atom stereocenters. The zero-order valence-electron chi connectivity index (χ0n) is 31.5. The maximum atomic E-state index is 9.41. The summed E-state index contributed by atoms with van der Waals surface area (Å²) in [6.07, 6.45) is 1.46. The first kappa shape index (κ1) is 34.2. The Labute approximate surface area is 333 Å². The second-order valence-corrected chi connectivity index (χ2v) is 14.7. The Morgan fingerprint density at radius 1 is 0.526 bits per heavy atom. The van der Waals surface area contributed by atoms with E-state index in [9.17, 15) is 5.41 Å². The second kappa shape index (κ2) is 14.1. The van der Waals surface area contributed by atoms with Crippen LogP contribution < -0.4 is 4.74 Å². The molecule has 0 amide bonds. The fraction of sp³-hybridized carbons (Fsp3) is 0.0566. The molecule has 4 heteroatoms. The number of aliphatic imine (C=N–C) groups is 1. The van der Waals surface area contributed by atoms with Crippen LogP contribution in [0.4, 0.5) is 0 Å². The van der Waals surface area contributed by atoms with E-state index < -0.39 is 11.6 Å². The van der Waals surface area contributed by atoms with Crippen LogP contribution in [0.1, 0.15) is 45.1 Å². The zero-order chi connectivity index (χ0) is 38.3.